The first-order valence-corrected chi connectivity index (χ1v) is 6.63. The summed E-state index contributed by atoms with van der Waals surface area (Å²) in [5.41, 5.74) is 2.21. The van der Waals surface area contributed by atoms with E-state index in [0.717, 1.165) is 36.3 Å². The lowest BCUT2D eigenvalue weighted by molar-refractivity contribution is 0.602. The van der Waals surface area contributed by atoms with Gasteiger partial charge in [-0.2, -0.15) is 5.10 Å². The van der Waals surface area contributed by atoms with Crippen molar-refractivity contribution in [1.29, 1.82) is 0 Å². The van der Waals surface area contributed by atoms with E-state index < -0.39 is 0 Å². The van der Waals surface area contributed by atoms with Crippen molar-refractivity contribution in [2.24, 2.45) is 11.8 Å². The number of benzene rings is 1. The Morgan fingerprint density at radius 2 is 2.06 bits per heavy atom. The summed E-state index contributed by atoms with van der Waals surface area (Å²) >= 11 is 0. The molecule has 0 amide bonds. The maximum absolute atomic E-state index is 4.57. The van der Waals surface area contributed by atoms with Gasteiger partial charge in [-0.3, -0.25) is 0 Å². The Hall–Kier alpha value is -1.61. The first kappa shape index (κ1) is 11.5. The van der Waals surface area contributed by atoms with Gasteiger partial charge in [-0.1, -0.05) is 25.1 Å². The number of hydrogen-bond acceptors (Lipinski definition) is 2. The van der Waals surface area contributed by atoms with Crippen LogP contribution < -0.4 is 5.32 Å². The zero-order valence-electron chi connectivity index (χ0n) is 10.7. The normalized spacial score (nSPS) is 22.1. The molecule has 0 radical (unpaired) electrons. The van der Waals surface area contributed by atoms with E-state index >= 15 is 0 Å². The summed E-state index contributed by atoms with van der Waals surface area (Å²) in [5.74, 6) is 1.81. The van der Waals surface area contributed by atoms with Crippen LogP contribution in [0.15, 0.2) is 42.6 Å². The van der Waals surface area contributed by atoms with Crippen LogP contribution in [0.25, 0.3) is 5.69 Å². The molecule has 0 saturated heterocycles. The highest BCUT2D eigenvalue weighted by atomic mass is 15.3. The number of aromatic nitrogens is 2. The maximum atomic E-state index is 4.57. The summed E-state index contributed by atoms with van der Waals surface area (Å²) in [7, 11) is 0. The van der Waals surface area contributed by atoms with Crippen LogP contribution in [0.2, 0.25) is 0 Å². The van der Waals surface area contributed by atoms with E-state index in [1.807, 2.05) is 29.1 Å². The standard InChI is InChI=1S/C15H19N3/c1-12-9-13(12)10-16-11-14-7-8-18(17-14)15-5-3-2-4-6-15/h2-8,12-13,16H,9-11H2,1H3. The van der Waals surface area contributed by atoms with E-state index in [-0.39, 0.29) is 0 Å². The molecule has 1 aliphatic rings. The minimum Gasteiger partial charge on any atom is -0.311 e. The molecule has 94 valence electrons. The lowest BCUT2D eigenvalue weighted by Crippen LogP contribution is -2.17. The molecule has 0 bridgehead atoms. The number of nitrogens with one attached hydrogen (secondary N) is 1. The van der Waals surface area contributed by atoms with Crippen LogP contribution in [0.4, 0.5) is 0 Å². The molecule has 3 heteroatoms. The summed E-state index contributed by atoms with van der Waals surface area (Å²) in [6, 6.07) is 12.3. The van der Waals surface area contributed by atoms with Gasteiger partial charge in [0.25, 0.3) is 0 Å². The Morgan fingerprint density at radius 1 is 1.28 bits per heavy atom. The van der Waals surface area contributed by atoms with Crippen molar-refractivity contribution in [3.63, 3.8) is 0 Å². The second-order valence-electron chi connectivity index (χ2n) is 5.19. The van der Waals surface area contributed by atoms with Crippen LogP contribution in [-0.4, -0.2) is 16.3 Å². The van der Waals surface area contributed by atoms with Crippen LogP contribution in [0, 0.1) is 11.8 Å². The van der Waals surface area contributed by atoms with Crippen molar-refractivity contribution in [3.8, 4) is 5.69 Å². The molecule has 18 heavy (non-hydrogen) atoms. The minimum absolute atomic E-state index is 0.864. The molecule has 2 unspecified atom stereocenters. The predicted octanol–water partition coefficient (Wildman–Crippen LogP) is 2.62. The first-order chi connectivity index (χ1) is 8.83. The van der Waals surface area contributed by atoms with Crippen molar-refractivity contribution < 1.29 is 0 Å². The molecule has 1 saturated carbocycles. The molecule has 1 heterocycles. The third kappa shape index (κ3) is 2.62. The number of nitrogens with zero attached hydrogens (tertiary/aromatic N) is 2. The van der Waals surface area contributed by atoms with Gasteiger partial charge in [0.1, 0.15) is 0 Å². The maximum Gasteiger partial charge on any atom is 0.0766 e. The van der Waals surface area contributed by atoms with E-state index in [9.17, 15) is 0 Å². The highest BCUT2D eigenvalue weighted by Gasteiger charge is 2.31. The molecular formula is C15H19N3. The smallest absolute Gasteiger partial charge is 0.0766 e. The summed E-state index contributed by atoms with van der Waals surface area (Å²) < 4.78 is 1.93. The third-order valence-corrected chi connectivity index (χ3v) is 3.65. The third-order valence-electron chi connectivity index (χ3n) is 3.65. The largest absolute Gasteiger partial charge is 0.311 e. The molecule has 1 fully saturated rings. The quantitative estimate of drug-likeness (QED) is 0.872. The Kier molecular flexibility index (Phi) is 3.15. The topological polar surface area (TPSA) is 29.9 Å². The molecule has 1 aromatic heterocycles. The van der Waals surface area contributed by atoms with E-state index in [1.165, 1.54) is 6.42 Å². The van der Waals surface area contributed by atoms with Crippen molar-refractivity contribution >= 4 is 0 Å². The van der Waals surface area contributed by atoms with Gasteiger partial charge in [-0.05, 0) is 43.0 Å². The molecule has 2 atom stereocenters. The fraction of sp³-hybridized carbons (Fsp3) is 0.400. The van der Waals surface area contributed by atoms with Crippen LogP contribution in [0.3, 0.4) is 0 Å². The Balaban J connectivity index is 1.56. The molecule has 3 rings (SSSR count). The van der Waals surface area contributed by atoms with Gasteiger partial charge >= 0.3 is 0 Å². The van der Waals surface area contributed by atoms with E-state index in [4.69, 9.17) is 0 Å². The van der Waals surface area contributed by atoms with Gasteiger partial charge in [-0.15, -0.1) is 0 Å². The average molecular weight is 241 g/mol. The second kappa shape index (κ2) is 4.94. The predicted molar refractivity (Wildman–Crippen MR) is 72.5 cm³/mol. The van der Waals surface area contributed by atoms with Crippen LogP contribution >= 0.6 is 0 Å². The summed E-state index contributed by atoms with van der Waals surface area (Å²) in [5, 5.41) is 8.05. The van der Waals surface area contributed by atoms with Gasteiger partial charge in [0.05, 0.1) is 11.4 Å². The van der Waals surface area contributed by atoms with Crippen molar-refractivity contribution in [2.45, 2.75) is 19.9 Å². The number of rotatable bonds is 5. The average Bonchev–Trinajstić information content (AvgIpc) is 2.92. The van der Waals surface area contributed by atoms with Crippen LogP contribution in [-0.2, 0) is 6.54 Å². The molecule has 1 N–H and O–H groups in total. The molecule has 1 aromatic carbocycles. The monoisotopic (exact) mass is 241 g/mol. The zero-order valence-corrected chi connectivity index (χ0v) is 10.7. The zero-order chi connectivity index (χ0) is 12.4. The van der Waals surface area contributed by atoms with Crippen molar-refractivity contribution in [3.05, 3.63) is 48.3 Å². The van der Waals surface area contributed by atoms with Gasteiger partial charge in [-0.25, -0.2) is 4.68 Å². The molecule has 3 nitrogen and oxygen atoms in total. The van der Waals surface area contributed by atoms with Gasteiger partial charge < -0.3 is 5.32 Å². The van der Waals surface area contributed by atoms with Gasteiger partial charge in [0, 0.05) is 12.7 Å². The Bertz CT molecular complexity index is 503. The lowest BCUT2D eigenvalue weighted by atomic mass is 10.3. The van der Waals surface area contributed by atoms with Crippen LogP contribution in [0.1, 0.15) is 19.0 Å². The number of para-hydroxylation sites is 1. The van der Waals surface area contributed by atoms with Gasteiger partial charge in [0.2, 0.25) is 0 Å². The Morgan fingerprint density at radius 3 is 2.78 bits per heavy atom. The minimum atomic E-state index is 0.864. The first-order valence-electron chi connectivity index (χ1n) is 6.63. The number of hydrogen-bond donors (Lipinski definition) is 1. The molecular weight excluding hydrogens is 222 g/mol. The van der Waals surface area contributed by atoms with Crippen LogP contribution in [0.5, 0.6) is 0 Å². The second-order valence-corrected chi connectivity index (χ2v) is 5.19. The highest BCUT2D eigenvalue weighted by Crippen LogP contribution is 2.36. The summed E-state index contributed by atoms with van der Waals surface area (Å²) in [6.45, 7) is 4.30. The fourth-order valence-corrected chi connectivity index (χ4v) is 2.25. The molecule has 0 aliphatic heterocycles. The molecule has 0 spiro atoms. The fourth-order valence-electron chi connectivity index (χ4n) is 2.25. The van der Waals surface area contributed by atoms with Crippen molar-refractivity contribution in [2.75, 3.05) is 6.54 Å². The van der Waals surface area contributed by atoms with Crippen molar-refractivity contribution in [1.82, 2.24) is 15.1 Å². The molecule has 2 aromatic rings. The summed E-state index contributed by atoms with van der Waals surface area (Å²) in [4.78, 5) is 0. The van der Waals surface area contributed by atoms with E-state index in [1.54, 1.807) is 0 Å². The lowest BCUT2D eigenvalue weighted by Gasteiger charge is -2.02. The molecule has 1 aliphatic carbocycles. The van der Waals surface area contributed by atoms with E-state index in [2.05, 4.69) is 35.5 Å². The Labute approximate surface area is 108 Å². The van der Waals surface area contributed by atoms with Gasteiger partial charge in [0.15, 0.2) is 0 Å². The van der Waals surface area contributed by atoms with E-state index in [0.29, 0.717) is 0 Å². The highest BCUT2D eigenvalue weighted by molar-refractivity contribution is 5.30. The SMILES string of the molecule is CC1CC1CNCc1ccn(-c2ccccc2)n1. The summed E-state index contributed by atoms with van der Waals surface area (Å²) in [6.07, 6.45) is 3.40.